The molecule has 4 nitrogen and oxygen atoms in total. The molecule has 2 aromatic carbocycles. The maximum atomic E-state index is 14.0. The van der Waals surface area contributed by atoms with E-state index in [2.05, 4.69) is 11.9 Å². The fourth-order valence-electron chi connectivity index (χ4n) is 3.53. The van der Waals surface area contributed by atoms with Crippen LogP contribution in [-0.4, -0.2) is 41.7 Å². The largest absolute Gasteiger partial charge is 0.496 e. The van der Waals surface area contributed by atoms with Crippen molar-refractivity contribution in [2.75, 3.05) is 27.2 Å². The highest BCUT2D eigenvalue weighted by Gasteiger charge is 2.23. The predicted octanol–water partition coefficient (Wildman–Crippen LogP) is 5.22. The maximum absolute atomic E-state index is 14.0. The van der Waals surface area contributed by atoms with E-state index in [1.807, 2.05) is 35.0 Å². The highest BCUT2D eigenvalue weighted by molar-refractivity contribution is 6.30. The normalized spacial score (nSPS) is 13.8. The number of methoxy groups -OCH3 is 1. The average Bonchev–Trinajstić information content (AvgIpc) is 3.42. The zero-order valence-corrected chi connectivity index (χ0v) is 17.5. The van der Waals surface area contributed by atoms with Crippen molar-refractivity contribution in [3.8, 4) is 22.8 Å². The van der Waals surface area contributed by atoms with E-state index in [1.54, 1.807) is 13.2 Å². The van der Waals surface area contributed by atoms with Gasteiger partial charge in [0.05, 0.1) is 18.4 Å². The fraction of sp³-hybridized carbons (Fsp3) is 0.348. The Morgan fingerprint density at radius 3 is 2.66 bits per heavy atom. The summed E-state index contributed by atoms with van der Waals surface area (Å²) in [7, 11) is 3.74. The lowest BCUT2D eigenvalue weighted by Crippen LogP contribution is -2.23. The topological polar surface area (TPSA) is 30.3 Å². The minimum Gasteiger partial charge on any atom is -0.496 e. The first-order chi connectivity index (χ1) is 14.0. The molecule has 1 aliphatic carbocycles. The summed E-state index contributed by atoms with van der Waals surface area (Å²) in [6.07, 6.45) is 5.54. The molecule has 0 radical (unpaired) electrons. The lowest BCUT2D eigenvalue weighted by atomic mass is 10.1. The second kappa shape index (κ2) is 8.56. The van der Waals surface area contributed by atoms with Gasteiger partial charge in [-0.2, -0.15) is 0 Å². The summed E-state index contributed by atoms with van der Waals surface area (Å²) in [5, 5.41) is 0.667. The molecule has 4 rings (SSSR count). The first-order valence-corrected chi connectivity index (χ1v) is 10.3. The molecule has 1 saturated carbocycles. The first-order valence-electron chi connectivity index (χ1n) is 9.90. The van der Waals surface area contributed by atoms with Crippen LogP contribution in [-0.2, 0) is 6.42 Å². The predicted molar refractivity (Wildman–Crippen MR) is 114 cm³/mol. The molecule has 1 aliphatic rings. The number of nitrogens with zero attached hydrogens (tertiary/aromatic N) is 3. The summed E-state index contributed by atoms with van der Waals surface area (Å²) in [5.41, 5.74) is 2.50. The Bertz CT molecular complexity index is 982. The van der Waals surface area contributed by atoms with E-state index in [1.165, 1.54) is 25.0 Å². The van der Waals surface area contributed by atoms with Crippen molar-refractivity contribution < 1.29 is 9.13 Å². The number of hydrogen-bond donors (Lipinski definition) is 0. The van der Waals surface area contributed by atoms with Crippen LogP contribution in [0.25, 0.3) is 17.1 Å². The van der Waals surface area contributed by atoms with E-state index in [4.69, 9.17) is 21.3 Å². The lowest BCUT2D eigenvalue weighted by Gasteiger charge is -2.14. The van der Waals surface area contributed by atoms with Gasteiger partial charge in [0.2, 0.25) is 0 Å². The van der Waals surface area contributed by atoms with Gasteiger partial charge in [-0.15, -0.1) is 0 Å². The monoisotopic (exact) mass is 413 g/mol. The Balaban J connectivity index is 1.69. The number of aromatic nitrogens is 2. The van der Waals surface area contributed by atoms with E-state index in [-0.39, 0.29) is 5.82 Å². The number of imidazole rings is 1. The summed E-state index contributed by atoms with van der Waals surface area (Å²) in [6.45, 7) is 2.08. The van der Waals surface area contributed by atoms with Gasteiger partial charge in [-0.25, -0.2) is 9.37 Å². The standard InChI is InChI=1S/C23H25ClFN3O/c1-27(14-16-3-4-16)12-11-19-15-28(20-8-5-17(24)6-9-20)23(26-19)21-13-18(25)7-10-22(21)29-2/h5-10,13,15-16H,3-4,11-12,14H2,1-2H3. The average molecular weight is 414 g/mol. The molecule has 0 spiro atoms. The molecule has 152 valence electrons. The van der Waals surface area contributed by atoms with Crippen LogP contribution < -0.4 is 4.74 Å². The van der Waals surface area contributed by atoms with Crippen LogP contribution in [0.3, 0.4) is 0 Å². The van der Waals surface area contributed by atoms with Gasteiger partial charge >= 0.3 is 0 Å². The molecule has 29 heavy (non-hydrogen) atoms. The molecule has 1 aromatic heterocycles. The Morgan fingerprint density at radius 1 is 1.21 bits per heavy atom. The number of hydrogen-bond acceptors (Lipinski definition) is 3. The fourth-order valence-corrected chi connectivity index (χ4v) is 3.66. The Labute approximate surface area is 175 Å². The van der Waals surface area contributed by atoms with E-state index in [9.17, 15) is 4.39 Å². The minimum absolute atomic E-state index is 0.322. The van der Waals surface area contributed by atoms with Crippen LogP contribution in [0.4, 0.5) is 4.39 Å². The molecular formula is C23H25ClFN3O. The van der Waals surface area contributed by atoms with Crippen molar-refractivity contribution in [1.82, 2.24) is 14.5 Å². The van der Waals surface area contributed by atoms with Crippen molar-refractivity contribution in [3.63, 3.8) is 0 Å². The number of halogens is 2. The molecule has 0 saturated heterocycles. The number of rotatable bonds is 8. The van der Waals surface area contributed by atoms with Gasteiger partial charge in [0.1, 0.15) is 17.4 Å². The highest BCUT2D eigenvalue weighted by Crippen LogP contribution is 2.32. The smallest absolute Gasteiger partial charge is 0.148 e. The van der Waals surface area contributed by atoms with E-state index < -0.39 is 0 Å². The second-order valence-electron chi connectivity index (χ2n) is 7.70. The van der Waals surface area contributed by atoms with Crippen molar-refractivity contribution in [3.05, 3.63) is 65.2 Å². The Kier molecular flexibility index (Phi) is 5.88. The molecule has 0 aliphatic heterocycles. The third-order valence-electron chi connectivity index (χ3n) is 5.28. The maximum Gasteiger partial charge on any atom is 0.148 e. The van der Waals surface area contributed by atoms with Crippen LogP contribution in [0, 0.1) is 11.7 Å². The zero-order valence-electron chi connectivity index (χ0n) is 16.7. The van der Waals surface area contributed by atoms with Gasteiger partial charge in [-0.1, -0.05) is 11.6 Å². The molecule has 6 heteroatoms. The highest BCUT2D eigenvalue weighted by atomic mass is 35.5. The first kappa shape index (κ1) is 19.9. The second-order valence-corrected chi connectivity index (χ2v) is 8.14. The van der Waals surface area contributed by atoms with Gasteiger partial charge in [0.15, 0.2) is 0 Å². The van der Waals surface area contributed by atoms with Gasteiger partial charge in [0, 0.05) is 36.4 Å². The summed E-state index contributed by atoms with van der Waals surface area (Å²) in [6, 6.07) is 12.0. The van der Waals surface area contributed by atoms with Gasteiger partial charge in [0.25, 0.3) is 0 Å². The summed E-state index contributed by atoms with van der Waals surface area (Å²) >= 11 is 6.06. The number of likely N-dealkylation sites (N-methyl/N-ethyl adjacent to an activating group) is 1. The van der Waals surface area contributed by atoms with Crippen LogP contribution in [0.1, 0.15) is 18.5 Å². The summed E-state index contributed by atoms with van der Waals surface area (Å²) in [5.74, 6) is 1.78. The van der Waals surface area contributed by atoms with Crippen molar-refractivity contribution >= 4 is 11.6 Å². The molecule has 0 amide bonds. The van der Waals surface area contributed by atoms with Crippen LogP contribution in [0.5, 0.6) is 5.75 Å². The molecule has 1 heterocycles. The number of benzene rings is 2. The van der Waals surface area contributed by atoms with Crippen molar-refractivity contribution in [1.29, 1.82) is 0 Å². The SMILES string of the molecule is COc1ccc(F)cc1-c1nc(CCN(C)CC2CC2)cn1-c1ccc(Cl)cc1. The van der Waals surface area contributed by atoms with Crippen molar-refractivity contribution in [2.24, 2.45) is 5.92 Å². The summed E-state index contributed by atoms with van der Waals surface area (Å²) in [4.78, 5) is 7.21. The van der Waals surface area contributed by atoms with Crippen LogP contribution in [0.15, 0.2) is 48.7 Å². The molecule has 0 bridgehead atoms. The van der Waals surface area contributed by atoms with Crippen LogP contribution >= 0.6 is 11.6 Å². The number of ether oxygens (including phenoxy) is 1. The molecular weight excluding hydrogens is 389 g/mol. The molecule has 0 N–H and O–H groups in total. The molecule has 1 fully saturated rings. The lowest BCUT2D eigenvalue weighted by molar-refractivity contribution is 0.323. The minimum atomic E-state index is -0.322. The van der Waals surface area contributed by atoms with Gasteiger partial charge < -0.3 is 9.64 Å². The van der Waals surface area contributed by atoms with Crippen molar-refractivity contribution in [2.45, 2.75) is 19.3 Å². The van der Waals surface area contributed by atoms with Crippen LogP contribution in [0.2, 0.25) is 5.02 Å². The van der Waals surface area contributed by atoms with Gasteiger partial charge in [-0.3, -0.25) is 4.57 Å². The summed E-state index contributed by atoms with van der Waals surface area (Å²) < 4.78 is 21.5. The molecule has 3 aromatic rings. The Morgan fingerprint density at radius 2 is 1.97 bits per heavy atom. The quantitative estimate of drug-likeness (QED) is 0.507. The zero-order chi connectivity index (χ0) is 20.4. The third kappa shape index (κ3) is 4.80. The van der Waals surface area contributed by atoms with E-state index in [0.717, 1.165) is 36.8 Å². The molecule has 0 unspecified atom stereocenters. The Hall–Kier alpha value is -2.37. The third-order valence-corrected chi connectivity index (χ3v) is 5.53. The molecule has 0 atom stereocenters. The van der Waals surface area contributed by atoms with Gasteiger partial charge in [-0.05, 0) is 68.3 Å². The van der Waals surface area contributed by atoms with E-state index >= 15 is 0 Å². The van der Waals surface area contributed by atoms with E-state index in [0.29, 0.717) is 22.2 Å².